The summed E-state index contributed by atoms with van der Waals surface area (Å²) < 4.78 is 2.18. The van der Waals surface area contributed by atoms with Gasteiger partial charge in [0, 0.05) is 18.9 Å². The molecule has 1 N–H and O–H groups in total. The Hall–Kier alpha value is -1.13. The fourth-order valence-electron chi connectivity index (χ4n) is 1.94. The highest BCUT2D eigenvalue weighted by molar-refractivity contribution is 7.08. The summed E-state index contributed by atoms with van der Waals surface area (Å²) in [4.78, 5) is 4.46. The van der Waals surface area contributed by atoms with Crippen molar-refractivity contribution in [2.45, 2.75) is 26.4 Å². The minimum absolute atomic E-state index is 0.196. The first-order valence-corrected chi connectivity index (χ1v) is 6.43. The van der Waals surface area contributed by atoms with Crippen LogP contribution in [-0.2, 0) is 6.54 Å². The predicted octanol–water partition coefficient (Wildman–Crippen LogP) is 2.58. The van der Waals surface area contributed by atoms with E-state index in [-0.39, 0.29) is 6.04 Å². The average Bonchev–Trinajstić information content (AvgIpc) is 2.90. The largest absolute Gasteiger partial charge is 0.334 e. The van der Waals surface area contributed by atoms with Crippen LogP contribution in [0, 0.1) is 6.92 Å². The van der Waals surface area contributed by atoms with Gasteiger partial charge in [0.05, 0.1) is 6.04 Å². The van der Waals surface area contributed by atoms with Crippen molar-refractivity contribution in [1.29, 1.82) is 0 Å². The highest BCUT2D eigenvalue weighted by Gasteiger charge is 2.18. The molecule has 0 saturated carbocycles. The van der Waals surface area contributed by atoms with Gasteiger partial charge in [-0.15, -0.1) is 0 Å². The lowest BCUT2D eigenvalue weighted by atomic mass is 10.1. The van der Waals surface area contributed by atoms with Crippen LogP contribution in [-0.4, -0.2) is 16.6 Å². The van der Waals surface area contributed by atoms with E-state index in [1.807, 2.05) is 19.4 Å². The third kappa shape index (κ3) is 1.90. The van der Waals surface area contributed by atoms with E-state index in [1.54, 1.807) is 11.3 Å². The monoisotopic (exact) mass is 235 g/mol. The van der Waals surface area contributed by atoms with Gasteiger partial charge in [0.1, 0.15) is 5.82 Å². The van der Waals surface area contributed by atoms with Gasteiger partial charge in [-0.25, -0.2) is 4.98 Å². The summed E-state index contributed by atoms with van der Waals surface area (Å²) >= 11 is 1.74. The molecule has 1 unspecified atom stereocenters. The molecule has 0 radical (unpaired) electrons. The number of aryl methyl sites for hydroxylation is 2. The van der Waals surface area contributed by atoms with Gasteiger partial charge in [-0.2, -0.15) is 11.3 Å². The molecule has 0 aliphatic carbocycles. The Balaban J connectivity index is 2.40. The van der Waals surface area contributed by atoms with Crippen LogP contribution < -0.4 is 5.32 Å². The van der Waals surface area contributed by atoms with Crippen molar-refractivity contribution in [2.24, 2.45) is 0 Å². The molecule has 0 amide bonds. The summed E-state index contributed by atoms with van der Waals surface area (Å²) in [7, 11) is 1.98. The fourth-order valence-corrected chi connectivity index (χ4v) is 2.82. The van der Waals surface area contributed by atoms with Crippen molar-refractivity contribution >= 4 is 11.3 Å². The Morgan fingerprint density at radius 3 is 2.88 bits per heavy atom. The first-order chi connectivity index (χ1) is 7.77. The lowest BCUT2D eigenvalue weighted by Gasteiger charge is -2.17. The summed E-state index contributed by atoms with van der Waals surface area (Å²) in [5, 5.41) is 7.72. The smallest absolute Gasteiger partial charge is 0.130 e. The van der Waals surface area contributed by atoms with Crippen LogP contribution in [0.4, 0.5) is 0 Å². The molecular weight excluding hydrogens is 218 g/mol. The Morgan fingerprint density at radius 1 is 1.50 bits per heavy atom. The molecular formula is C12H17N3S. The van der Waals surface area contributed by atoms with Gasteiger partial charge in [-0.05, 0) is 42.8 Å². The zero-order valence-electron chi connectivity index (χ0n) is 9.90. The molecule has 0 saturated heterocycles. The van der Waals surface area contributed by atoms with Crippen molar-refractivity contribution in [3.63, 3.8) is 0 Å². The molecule has 2 rings (SSSR count). The van der Waals surface area contributed by atoms with Crippen LogP contribution in [0.1, 0.15) is 29.9 Å². The molecule has 0 aliphatic heterocycles. The highest BCUT2D eigenvalue weighted by atomic mass is 32.1. The van der Waals surface area contributed by atoms with Gasteiger partial charge in [0.25, 0.3) is 0 Å². The standard InChI is InChI=1S/C12H17N3S/c1-4-15-6-5-14-12(15)11(13-3)10-8-16-7-9(10)2/h5-8,11,13H,4H2,1-3H3. The van der Waals surface area contributed by atoms with Crippen LogP contribution in [0.3, 0.4) is 0 Å². The van der Waals surface area contributed by atoms with E-state index in [0.29, 0.717) is 0 Å². The first-order valence-electron chi connectivity index (χ1n) is 5.49. The predicted molar refractivity (Wildman–Crippen MR) is 67.9 cm³/mol. The Morgan fingerprint density at radius 2 is 2.31 bits per heavy atom. The SMILES string of the molecule is CCn1ccnc1C(NC)c1cscc1C. The van der Waals surface area contributed by atoms with E-state index < -0.39 is 0 Å². The molecule has 0 fully saturated rings. The first kappa shape index (κ1) is 11.4. The van der Waals surface area contributed by atoms with Crippen LogP contribution in [0.5, 0.6) is 0 Å². The third-order valence-corrected chi connectivity index (χ3v) is 3.72. The van der Waals surface area contributed by atoms with Gasteiger partial charge in [-0.3, -0.25) is 0 Å². The number of aromatic nitrogens is 2. The van der Waals surface area contributed by atoms with Gasteiger partial charge in [0.15, 0.2) is 0 Å². The van der Waals surface area contributed by atoms with Crippen molar-refractivity contribution in [3.05, 3.63) is 40.1 Å². The molecule has 4 heteroatoms. The normalized spacial score (nSPS) is 12.9. The number of nitrogens with one attached hydrogen (secondary N) is 1. The summed E-state index contributed by atoms with van der Waals surface area (Å²) in [6, 6.07) is 0.196. The van der Waals surface area contributed by atoms with E-state index in [2.05, 4.69) is 39.5 Å². The van der Waals surface area contributed by atoms with E-state index in [0.717, 1.165) is 12.4 Å². The van der Waals surface area contributed by atoms with E-state index in [9.17, 15) is 0 Å². The number of thiophene rings is 1. The maximum absolute atomic E-state index is 4.46. The molecule has 16 heavy (non-hydrogen) atoms. The lowest BCUT2D eigenvalue weighted by molar-refractivity contribution is 0.589. The van der Waals surface area contributed by atoms with E-state index >= 15 is 0 Å². The number of hydrogen-bond donors (Lipinski definition) is 1. The minimum Gasteiger partial charge on any atom is -0.334 e. The van der Waals surface area contributed by atoms with Gasteiger partial charge in [0.2, 0.25) is 0 Å². The molecule has 0 spiro atoms. The molecule has 0 aromatic carbocycles. The second kappa shape index (κ2) is 4.80. The molecule has 3 nitrogen and oxygen atoms in total. The summed E-state index contributed by atoms with van der Waals surface area (Å²) in [6.07, 6.45) is 3.90. The van der Waals surface area contributed by atoms with Gasteiger partial charge < -0.3 is 9.88 Å². The van der Waals surface area contributed by atoms with Gasteiger partial charge >= 0.3 is 0 Å². The molecule has 0 aliphatic rings. The van der Waals surface area contributed by atoms with Crippen LogP contribution >= 0.6 is 11.3 Å². The maximum Gasteiger partial charge on any atom is 0.130 e. The lowest BCUT2D eigenvalue weighted by Crippen LogP contribution is -2.22. The van der Waals surface area contributed by atoms with Gasteiger partial charge in [-0.1, -0.05) is 0 Å². The summed E-state index contributed by atoms with van der Waals surface area (Å²) in [6.45, 7) is 5.24. The molecule has 86 valence electrons. The van der Waals surface area contributed by atoms with Crippen LogP contribution in [0.2, 0.25) is 0 Å². The molecule has 2 heterocycles. The number of imidazole rings is 1. The number of nitrogens with zero attached hydrogens (tertiary/aromatic N) is 2. The van der Waals surface area contributed by atoms with Crippen molar-refractivity contribution in [1.82, 2.24) is 14.9 Å². The molecule has 2 aromatic heterocycles. The second-order valence-corrected chi connectivity index (χ2v) is 4.55. The summed E-state index contributed by atoms with van der Waals surface area (Å²) in [5.41, 5.74) is 2.66. The summed E-state index contributed by atoms with van der Waals surface area (Å²) in [5.74, 6) is 1.09. The molecule has 1 atom stereocenters. The van der Waals surface area contributed by atoms with Crippen LogP contribution in [0.15, 0.2) is 23.2 Å². The van der Waals surface area contributed by atoms with Crippen LogP contribution in [0.25, 0.3) is 0 Å². The van der Waals surface area contributed by atoms with E-state index in [4.69, 9.17) is 0 Å². The molecule has 0 bridgehead atoms. The van der Waals surface area contributed by atoms with Crippen molar-refractivity contribution < 1.29 is 0 Å². The Bertz CT molecular complexity index is 458. The van der Waals surface area contributed by atoms with Crippen molar-refractivity contribution in [3.8, 4) is 0 Å². The molecule has 2 aromatic rings. The zero-order chi connectivity index (χ0) is 11.5. The second-order valence-electron chi connectivity index (χ2n) is 3.80. The zero-order valence-corrected chi connectivity index (χ0v) is 10.7. The maximum atomic E-state index is 4.46. The fraction of sp³-hybridized carbons (Fsp3) is 0.417. The minimum atomic E-state index is 0.196. The van der Waals surface area contributed by atoms with Crippen molar-refractivity contribution in [2.75, 3.05) is 7.05 Å². The highest BCUT2D eigenvalue weighted by Crippen LogP contribution is 2.26. The quantitative estimate of drug-likeness (QED) is 0.882. The van der Waals surface area contributed by atoms with E-state index in [1.165, 1.54) is 11.1 Å². The Kier molecular flexibility index (Phi) is 3.41. The Labute approximate surface area is 100 Å². The third-order valence-electron chi connectivity index (χ3n) is 2.84. The number of rotatable bonds is 4. The number of hydrogen-bond acceptors (Lipinski definition) is 3. The average molecular weight is 235 g/mol. The topological polar surface area (TPSA) is 29.9 Å².